The second kappa shape index (κ2) is 5.24. The van der Waals surface area contributed by atoms with Crippen LogP contribution in [0.5, 0.6) is 0 Å². The summed E-state index contributed by atoms with van der Waals surface area (Å²) in [6, 6.07) is 0.0288. The summed E-state index contributed by atoms with van der Waals surface area (Å²) < 4.78 is 10.1. The van der Waals surface area contributed by atoms with Gasteiger partial charge in [-0.3, -0.25) is 4.79 Å². The highest BCUT2D eigenvalue weighted by atomic mass is 16.5. The monoisotopic (exact) mass is 258 g/mol. The predicted molar refractivity (Wildman–Crippen MR) is 62.0 cm³/mol. The molecule has 0 aromatic rings. The van der Waals surface area contributed by atoms with E-state index in [4.69, 9.17) is 9.47 Å². The zero-order valence-electron chi connectivity index (χ0n) is 10.6. The number of hydrogen-bond acceptors (Lipinski definition) is 4. The molecule has 0 unspecified atom stereocenters. The number of hydrogen-bond donors (Lipinski definition) is 1. The highest BCUT2D eigenvalue weighted by molar-refractivity contribution is 5.72. The Morgan fingerprint density at radius 3 is 2.39 bits per heavy atom. The van der Waals surface area contributed by atoms with Gasteiger partial charge in [0.15, 0.2) is 0 Å². The Bertz CT molecular complexity index is 329. The molecule has 6 nitrogen and oxygen atoms in total. The van der Waals surface area contributed by atoms with Gasteiger partial charge in [-0.2, -0.15) is 4.79 Å². The average molecular weight is 258 g/mol. The molecule has 1 amide bonds. The average Bonchev–Trinajstić information content (AvgIpc) is 2.92. The van der Waals surface area contributed by atoms with Gasteiger partial charge in [0.2, 0.25) is 0 Å². The van der Waals surface area contributed by atoms with Crippen LogP contribution in [0.15, 0.2) is 0 Å². The molecule has 0 aromatic carbocycles. The van der Waals surface area contributed by atoms with Crippen molar-refractivity contribution in [3.8, 4) is 0 Å². The van der Waals surface area contributed by atoms with Gasteiger partial charge in [-0.25, -0.2) is 4.48 Å². The molecule has 0 saturated carbocycles. The van der Waals surface area contributed by atoms with Gasteiger partial charge in [0.1, 0.15) is 6.04 Å². The molecule has 102 valence electrons. The highest BCUT2D eigenvalue weighted by Crippen LogP contribution is 2.31. The number of piperidine rings is 1. The van der Waals surface area contributed by atoms with Crippen LogP contribution >= 0.6 is 0 Å². The zero-order valence-corrected chi connectivity index (χ0v) is 10.6. The van der Waals surface area contributed by atoms with Crippen LogP contribution in [0.4, 0.5) is 4.79 Å². The van der Waals surface area contributed by atoms with E-state index in [2.05, 4.69) is 0 Å². The fraction of sp³-hybridized carbons (Fsp3) is 0.833. The van der Waals surface area contributed by atoms with E-state index in [0.717, 1.165) is 6.42 Å². The van der Waals surface area contributed by atoms with Gasteiger partial charge in [0.05, 0.1) is 39.3 Å². The fourth-order valence-corrected chi connectivity index (χ4v) is 3.06. The van der Waals surface area contributed by atoms with Crippen molar-refractivity contribution in [1.82, 2.24) is 0 Å². The summed E-state index contributed by atoms with van der Waals surface area (Å²) in [5.74, 6) is -0.371. The number of ether oxygens (including phenoxy) is 2. The third-order valence-corrected chi connectivity index (χ3v) is 4.27. The molecule has 6 heteroatoms. The smallest absolute Gasteiger partial charge is 0.469 e. The van der Waals surface area contributed by atoms with Gasteiger partial charge in [0, 0.05) is 19.3 Å². The lowest BCUT2D eigenvalue weighted by atomic mass is 9.93. The molecule has 2 fully saturated rings. The first-order valence-corrected chi connectivity index (χ1v) is 6.36. The molecular formula is C12H20NO5+. The molecular weight excluding hydrogens is 238 g/mol. The van der Waals surface area contributed by atoms with E-state index in [9.17, 15) is 14.7 Å². The summed E-state index contributed by atoms with van der Waals surface area (Å²) in [5.41, 5.74) is 0. The summed E-state index contributed by atoms with van der Waals surface area (Å²) in [5, 5.41) is 9.53. The van der Waals surface area contributed by atoms with Crippen LogP contribution < -0.4 is 0 Å². The van der Waals surface area contributed by atoms with Crippen molar-refractivity contribution in [3.05, 3.63) is 0 Å². The Kier molecular flexibility index (Phi) is 3.87. The van der Waals surface area contributed by atoms with Crippen LogP contribution in [0.3, 0.4) is 0 Å². The van der Waals surface area contributed by atoms with Gasteiger partial charge >= 0.3 is 12.1 Å². The lowest BCUT2D eigenvalue weighted by Gasteiger charge is -2.41. The number of rotatable bonds is 2. The Morgan fingerprint density at radius 1 is 1.28 bits per heavy atom. The van der Waals surface area contributed by atoms with Crippen molar-refractivity contribution in [2.24, 2.45) is 5.92 Å². The van der Waals surface area contributed by atoms with Crippen molar-refractivity contribution in [1.29, 1.82) is 0 Å². The molecule has 0 bridgehead atoms. The van der Waals surface area contributed by atoms with Gasteiger partial charge < -0.3 is 14.6 Å². The van der Waals surface area contributed by atoms with Crippen molar-refractivity contribution in [2.45, 2.75) is 25.3 Å². The number of quaternary nitrogens is 1. The fourth-order valence-electron chi connectivity index (χ4n) is 3.06. The Labute approximate surface area is 106 Å². The molecule has 1 atom stereocenters. The number of methoxy groups -OCH3 is 1. The maximum Gasteiger partial charge on any atom is 0.513 e. The number of carbonyl (C=O) groups excluding carboxylic acids is 1. The molecule has 0 spiro atoms. The molecule has 2 aliphatic heterocycles. The van der Waals surface area contributed by atoms with Gasteiger partial charge in [0.25, 0.3) is 0 Å². The minimum absolute atomic E-state index is 0.0288. The first kappa shape index (κ1) is 13.3. The van der Waals surface area contributed by atoms with E-state index in [-0.39, 0.29) is 22.4 Å². The Morgan fingerprint density at radius 2 is 1.94 bits per heavy atom. The normalized spacial score (nSPS) is 36.3. The van der Waals surface area contributed by atoms with Gasteiger partial charge in [-0.15, -0.1) is 0 Å². The number of amides is 1. The van der Waals surface area contributed by atoms with Crippen LogP contribution in [-0.4, -0.2) is 61.1 Å². The van der Waals surface area contributed by atoms with E-state index in [1.54, 1.807) is 0 Å². The quantitative estimate of drug-likeness (QED) is 0.587. The van der Waals surface area contributed by atoms with Gasteiger partial charge in [-0.1, -0.05) is 0 Å². The summed E-state index contributed by atoms with van der Waals surface area (Å²) in [6.07, 6.45) is 1.15. The zero-order chi connectivity index (χ0) is 13.2. The van der Waals surface area contributed by atoms with Crippen LogP contribution in [0.25, 0.3) is 0 Å². The first-order valence-electron chi connectivity index (χ1n) is 6.36. The van der Waals surface area contributed by atoms with Crippen molar-refractivity contribution in [2.75, 3.05) is 33.4 Å². The summed E-state index contributed by atoms with van der Waals surface area (Å²) in [4.78, 5) is 23.1. The summed E-state index contributed by atoms with van der Waals surface area (Å²) >= 11 is 0. The number of esters is 1. The van der Waals surface area contributed by atoms with Gasteiger partial charge in [-0.05, 0) is 0 Å². The molecule has 2 heterocycles. The van der Waals surface area contributed by atoms with E-state index in [1.165, 1.54) is 7.11 Å². The number of likely N-dealkylation sites (tertiary alicyclic amines) is 1. The van der Waals surface area contributed by atoms with Crippen LogP contribution in [-0.2, 0) is 14.3 Å². The minimum Gasteiger partial charge on any atom is -0.469 e. The molecule has 0 radical (unpaired) electrons. The largest absolute Gasteiger partial charge is 0.513 e. The van der Waals surface area contributed by atoms with E-state index in [0.29, 0.717) is 39.1 Å². The van der Waals surface area contributed by atoms with Crippen LogP contribution in [0.2, 0.25) is 0 Å². The standard InChI is InChI=1S/C12H19NO5/c1-17-11(14)9-2-5-13(6-3-9,12(15)16)10-4-7-18-8-10/h9-10H,2-8H2,1H3/p+1/t9?,10-,13?/m0/s1. The molecule has 18 heavy (non-hydrogen) atoms. The maximum absolute atomic E-state index is 11.6. The molecule has 2 saturated heterocycles. The van der Waals surface area contributed by atoms with E-state index < -0.39 is 6.09 Å². The van der Waals surface area contributed by atoms with Crippen molar-refractivity contribution < 1.29 is 28.7 Å². The first-order chi connectivity index (χ1) is 8.60. The molecule has 0 aliphatic carbocycles. The third kappa shape index (κ3) is 2.22. The van der Waals surface area contributed by atoms with E-state index in [1.807, 2.05) is 0 Å². The molecule has 0 aromatic heterocycles. The van der Waals surface area contributed by atoms with Crippen LogP contribution in [0, 0.1) is 5.92 Å². The maximum atomic E-state index is 11.6. The van der Waals surface area contributed by atoms with Crippen molar-refractivity contribution >= 4 is 12.1 Å². The Balaban J connectivity index is 2.06. The number of carboxylic acid groups (broad SMARTS) is 1. The van der Waals surface area contributed by atoms with Crippen LogP contribution in [0.1, 0.15) is 19.3 Å². The van der Waals surface area contributed by atoms with E-state index >= 15 is 0 Å². The highest BCUT2D eigenvalue weighted by Gasteiger charge is 2.49. The second-order valence-electron chi connectivity index (χ2n) is 5.08. The lowest BCUT2D eigenvalue weighted by Crippen LogP contribution is -2.63. The molecule has 1 N–H and O–H groups in total. The summed E-state index contributed by atoms with van der Waals surface area (Å²) in [6.45, 7) is 2.12. The molecule has 2 rings (SSSR count). The van der Waals surface area contributed by atoms with Crippen molar-refractivity contribution in [3.63, 3.8) is 0 Å². The minimum atomic E-state index is -0.797. The topological polar surface area (TPSA) is 72.8 Å². The summed E-state index contributed by atoms with van der Waals surface area (Å²) in [7, 11) is 1.38. The lowest BCUT2D eigenvalue weighted by molar-refractivity contribution is -0.886. The molecule has 2 aliphatic rings. The Hall–Kier alpha value is -1.14. The predicted octanol–water partition coefficient (Wildman–Crippen LogP) is 0.853. The number of carbonyl (C=O) groups is 2. The second-order valence-corrected chi connectivity index (χ2v) is 5.08. The third-order valence-electron chi connectivity index (χ3n) is 4.27. The number of nitrogens with zero attached hydrogens (tertiary/aromatic N) is 1. The SMILES string of the molecule is COC(=O)C1CC[N+](C(=O)O)([C@H]2CCOC2)CC1.